The van der Waals surface area contributed by atoms with Gasteiger partial charge in [-0.25, -0.2) is 8.78 Å². The molecule has 3 N–H and O–H groups in total. The third kappa shape index (κ3) is 3.47. The lowest BCUT2D eigenvalue weighted by atomic mass is 10.2. The Kier molecular flexibility index (Phi) is 4.37. The number of nitrogens with one attached hydrogen (secondary N) is 1. The van der Waals surface area contributed by atoms with Crippen molar-refractivity contribution in [1.82, 2.24) is 0 Å². The molecule has 2 aromatic carbocycles. The molecular formula is C15H14F2N2O2. The summed E-state index contributed by atoms with van der Waals surface area (Å²) in [6.07, 6.45) is 0. The van der Waals surface area contributed by atoms with Gasteiger partial charge >= 0.3 is 0 Å². The minimum atomic E-state index is -0.924. The SMILES string of the molecule is CCOc1ccc(C(=O)Nc2c(N)cc(F)cc2F)cc1. The van der Waals surface area contributed by atoms with Gasteiger partial charge in [-0.3, -0.25) is 4.79 Å². The van der Waals surface area contributed by atoms with Gasteiger partial charge < -0.3 is 15.8 Å². The lowest BCUT2D eigenvalue weighted by Crippen LogP contribution is -2.14. The van der Waals surface area contributed by atoms with Gasteiger partial charge in [-0.2, -0.15) is 0 Å². The number of anilines is 2. The van der Waals surface area contributed by atoms with Gasteiger partial charge in [0.15, 0.2) is 5.82 Å². The second-order valence-electron chi connectivity index (χ2n) is 4.26. The largest absolute Gasteiger partial charge is 0.494 e. The highest BCUT2D eigenvalue weighted by molar-refractivity contribution is 6.05. The van der Waals surface area contributed by atoms with E-state index in [1.54, 1.807) is 12.1 Å². The number of hydrogen-bond donors (Lipinski definition) is 2. The minimum absolute atomic E-state index is 0.174. The molecule has 0 aliphatic heterocycles. The van der Waals surface area contributed by atoms with E-state index in [-0.39, 0.29) is 11.4 Å². The molecule has 110 valence electrons. The number of hydrogen-bond acceptors (Lipinski definition) is 3. The highest BCUT2D eigenvalue weighted by atomic mass is 19.1. The van der Waals surface area contributed by atoms with Gasteiger partial charge in [-0.05, 0) is 37.3 Å². The lowest BCUT2D eigenvalue weighted by molar-refractivity contribution is 0.102. The average molecular weight is 292 g/mol. The summed E-state index contributed by atoms with van der Waals surface area (Å²) in [7, 11) is 0. The molecule has 0 bridgehead atoms. The van der Waals surface area contributed by atoms with E-state index in [1.165, 1.54) is 12.1 Å². The number of nitrogen functional groups attached to an aromatic ring is 1. The number of ether oxygens (including phenoxy) is 1. The van der Waals surface area contributed by atoms with Gasteiger partial charge in [0.1, 0.15) is 17.3 Å². The standard InChI is InChI=1S/C15H14F2N2O2/c1-2-21-11-5-3-9(4-6-11)15(20)19-14-12(17)7-10(16)8-13(14)18/h3-8H,2,18H2,1H3,(H,19,20). The van der Waals surface area contributed by atoms with Crippen molar-refractivity contribution < 1.29 is 18.3 Å². The summed E-state index contributed by atoms with van der Waals surface area (Å²) in [6.45, 7) is 2.36. The summed E-state index contributed by atoms with van der Waals surface area (Å²) in [5.74, 6) is -1.65. The van der Waals surface area contributed by atoms with Crippen molar-refractivity contribution >= 4 is 17.3 Å². The van der Waals surface area contributed by atoms with Crippen molar-refractivity contribution in [3.8, 4) is 5.75 Å². The third-order valence-corrected chi connectivity index (χ3v) is 2.75. The molecule has 21 heavy (non-hydrogen) atoms. The fourth-order valence-corrected chi connectivity index (χ4v) is 1.78. The highest BCUT2D eigenvalue weighted by Gasteiger charge is 2.13. The Balaban J connectivity index is 2.18. The van der Waals surface area contributed by atoms with E-state index in [1.807, 2.05) is 6.92 Å². The predicted molar refractivity (Wildman–Crippen MR) is 76.3 cm³/mol. The predicted octanol–water partition coefficient (Wildman–Crippen LogP) is 3.20. The van der Waals surface area contributed by atoms with Crippen molar-refractivity contribution in [2.24, 2.45) is 0 Å². The maximum absolute atomic E-state index is 13.6. The number of carbonyl (C=O) groups excluding carboxylic acids is 1. The molecule has 0 aliphatic rings. The monoisotopic (exact) mass is 292 g/mol. The van der Waals surface area contributed by atoms with E-state index in [0.717, 1.165) is 6.07 Å². The van der Waals surface area contributed by atoms with Crippen LogP contribution in [0.1, 0.15) is 17.3 Å². The maximum Gasteiger partial charge on any atom is 0.255 e. The van der Waals surface area contributed by atoms with Crippen LogP contribution in [0.2, 0.25) is 0 Å². The smallest absolute Gasteiger partial charge is 0.255 e. The molecule has 0 heterocycles. The van der Waals surface area contributed by atoms with E-state index in [0.29, 0.717) is 24.0 Å². The van der Waals surface area contributed by atoms with Gasteiger partial charge in [0, 0.05) is 11.6 Å². The molecule has 0 fully saturated rings. The molecule has 0 aromatic heterocycles. The Morgan fingerprint density at radius 3 is 2.48 bits per heavy atom. The van der Waals surface area contributed by atoms with Gasteiger partial charge in [0.25, 0.3) is 5.91 Å². The Bertz CT molecular complexity index is 634. The van der Waals surface area contributed by atoms with Crippen LogP contribution in [0.25, 0.3) is 0 Å². The van der Waals surface area contributed by atoms with Crippen LogP contribution in [0.4, 0.5) is 20.2 Å². The number of amides is 1. The van der Waals surface area contributed by atoms with Gasteiger partial charge in [-0.15, -0.1) is 0 Å². The van der Waals surface area contributed by atoms with Crippen LogP contribution >= 0.6 is 0 Å². The molecule has 4 nitrogen and oxygen atoms in total. The van der Waals surface area contributed by atoms with E-state index >= 15 is 0 Å². The first-order valence-electron chi connectivity index (χ1n) is 6.30. The van der Waals surface area contributed by atoms with Crippen LogP contribution in [0, 0.1) is 11.6 Å². The first-order valence-corrected chi connectivity index (χ1v) is 6.30. The minimum Gasteiger partial charge on any atom is -0.494 e. The Labute approximate surface area is 120 Å². The fourth-order valence-electron chi connectivity index (χ4n) is 1.78. The Morgan fingerprint density at radius 2 is 1.90 bits per heavy atom. The van der Waals surface area contributed by atoms with Gasteiger partial charge in [0.05, 0.1) is 12.3 Å². The number of nitrogens with two attached hydrogens (primary N) is 1. The van der Waals surface area contributed by atoms with Crippen molar-refractivity contribution in [2.45, 2.75) is 6.92 Å². The zero-order valence-corrected chi connectivity index (χ0v) is 11.3. The third-order valence-electron chi connectivity index (χ3n) is 2.75. The summed E-state index contributed by atoms with van der Waals surface area (Å²) in [6, 6.07) is 7.93. The Morgan fingerprint density at radius 1 is 1.24 bits per heavy atom. The molecule has 0 radical (unpaired) electrons. The molecule has 1 amide bonds. The lowest BCUT2D eigenvalue weighted by Gasteiger charge is -2.10. The molecule has 0 saturated heterocycles. The zero-order chi connectivity index (χ0) is 15.4. The normalized spacial score (nSPS) is 10.2. The quantitative estimate of drug-likeness (QED) is 0.851. The van der Waals surface area contributed by atoms with E-state index < -0.39 is 17.5 Å². The van der Waals surface area contributed by atoms with Gasteiger partial charge in [-0.1, -0.05) is 0 Å². The number of rotatable bonds is 4. The summed E-state index contributed by atoms with van der Waals surface area (Å²) in [5, 5.41) is 2.33. The maximum atomic E-state index is 13.6. The van der Waals surface area contributed by atoms with Crippen molar-refractivity contribution in [3.63, 3.8) is 0 Å². The van der Waals surface area contributed by atoms with E-state index in [9.17, 15) is 13.6 Å². The van der Waals surface area contributed by atoms with Crippen LogP contribution in [-0.4, -0.2) is 12.5 Å². The van der Waals surface area contributed by atoms with Crippen molar-refractivity contribution in [3.05, 3.63) is 53.6 Å². The average Bonchev–Trinajstić information content (AvgIpc) is 2.43. The van der Waals surface area contributed by atoms with Crippen molar-refractivity contribution in [2.75, 3.05) is 17.7 Å². The van der Waals surface area contributed by atoms with Gasteiger partial charge in [0.2, 0.25) is 0 Å². The van der Waals surface area contributed by atoms with Crippen molar-refractivity contribution in [1.29, 1.82) is 0 Å². The van der Waals surface area contributed by atoms with Crippen LogP contribution in [-0.2, 0) is 0 Å². The Hall–Kier alpha value is -2.63. The number of halogens is 2. The molecule has 6 heteroatoms. The first kappa shape index (κ1) is 14.8. The molecule has 0 atom stereocenters. The molecule has 2 aromatic rings. The summed E-state index contributed by atoms with van der Waals surface area (Å²) >= 11 is 0. The molecule has 0 spiro atoms. The molecule has 2 rings (SSSR count). The van der Waals surface area contributed by atoms with Crippen LogP contribution in [0.5, 0.6) is 5.75 Å². The fraction of sp³-hybridized carbons (Fsp3) is 0.133. The van der Waals surface area contributed by atoms with Crippen LogP contribution < -0.4 is 15.8 Å². The second-order valence-corrected chi connectivity index (χ2v) is 4.26. The molecule has 0 unspecified atom stereocenters. The summed E-state index contributed by atoms with van der Waals surface area (Å²) in [4.78, 5) is 12.0. The number of carbonyl (C=O) groups is 1. The molecule has 0 saturated carbocycles. The topological polar surface area (TPSA) is 64.3 Å². The van der Waals surface area contributed by atoms with E-state index in [4.69, 9.17) is 10.5 Å². The molecular weight excluding hydrogens is 278 g/mol. The second kappa shape index (κ2) is 6.21. The summed E-state index contributed by atoms with van der Waals surface area (Å²) < 4.78 is 31.8. The summed E-state index contributed by atoms with van der Waals surface area (Å²) in [5.41, 5.74) is 5.39. The molecule has 0 aliphatic carbocycles. The van der Waals surface area contributed by atoms with Crippen LogP contribution in [0.3, 0.4) is 0 Å². The number of benzene rings is 2. The van der Waals surface area contributed by atoms with E-state index in [2.05, 4.69) is 5.32 Å². The first-order chi connectivity index (χ1) is 10.0. The zero-order valence-electron chi connectivity index (χ0n) is 11.3. The highest BCUT2D eigenvalue weighted by Crippen LogP contribution is 2.24. The van der Waals surface area contributed by atoms with Crippen LogP contribution in [0.15, 0.2) is 36.4 Å².